The summed E-state index contributed by atoms with van der Waals surface area (Å²) in [6.45, 7) is 8.84. The number of hydrogen-bond donors (Lipinski definition) is 4. The van der Waals surface area contributed by atoms with E-state index in [2.05, 4.69) is 47.1 Å². The highest BCUT2D eigenvalue weighted by Crippen LogP contribution is 1.95. The fourth-order valence-electron chi connectivity index (χ4n) is 2.10. The second kappa shape index (κ2) is 19.0. The number of urea groups is 2. The molecule has 0 unspecified atom stereocenters. The number of carbonyl (C=O) groups is 2. The number of hydrogen-bond acceptors (Lipinski definition) is 5. The molecule has 4 N–H and O–H groups in total. The van der Waals surface area contributed by atoms with Crippen molar-refractivity contribution in [3.63, 3.8) is 0 Å². The van der Waals surface area contributed by atoms with E-state index in [1.165, 1.54) is 0 Å². The van der Waals surface area contributed by atoms with E-state index in [4.69, 9.17) is 0 Å². The van der Waals surface area contributed by atoms with Crippen molar-refractivity contribution >= 4 is 35.6 Å². The Labute approximate surface area is 167 Å². The van der Waals surface area contributed by atoms with Gasteiger partial charge in [-0.25, -0.2) is 9.59 Å². The SMILES string of the molecule is CCSCCNC(=O)NCCCN(C)CCCNC(=O)NCCSCC. The lowest BCUT2D eigenvalue weighted by atomic mass is 10.3. The van der Waals surface area contributed by atoms with Gasteiger partial charge >= 0.3 is 12.1 Å². The molecule has 0 rings (SSSR count). The van der Waals surface area contributed by atoms with Crippen molar-refractivity contribution in [1.29, 1.82) is 0 Å². The van der Waals surface area contributed by atoms with Gasteiger partial charge in [0.05, 0.1) is 0 Å². The molecule has 154 valence electrons. The molecular formula is C17H37N5O2S2. The van der Waals surface area contributed by atoms with Crippen LogP contribution in [0.3, 0.4) is 0 Å². The monoisotopic (exact) mass is 407 g/mol. The molecule has 4 amide bonds. The Bertz CT molecular complexity index is 330. The third-order valence-electron chi connectivity index (χ3n) is 3.48. The van der Waals surface area contributed by atoms with Crippen molar-refractivity contribution in [3.8, 4) is 0 Å². The molecule has 0 aliphatic rings. The molecular weight excluding hydrogens is 370 g/mol. The zero-order chi connectivity index (χ0) is 19.5. The number of nitrogens with zero attached hydrogens (tertiary/aromatic N) is 1. The highest BCUT2D eigenvalue weighted by atomic mass is 32.2. The van der Waals surface area contributed by atoms with Crippen molar-refractivity contribution in [1.82, 2.24) is 26.2 Å². The summed E-state index contributed by atoms with van der Waals surface area (Å²) in [5, 5.41) is 11.4. The fraction of sp³-hybridized carbons (Fsp3) is 0.882. The maximum atomic E-state index is 11.5. The van der Waals surface area contributed by atoms with Crippen LogP contribution < -0.4 is 21.3 Å². The summed E-state index contributed by atoms with van der Waals surface area (Å²) >= 11 is 3.64. The molecule has 0 fully saturated rings. The number of thioether (sulfide) groups is 2. The normalized spacial score (nSPS) is 10.6. The molecule has 0 aromatic rings. The molecule has 0 atom stereocenters. The summed E-state index contributed by atoms with van der Waals surface area (Å²) in [5.41, 5.74) is 0. The molecule has 26 heavy (non-hydrogen) atoms. The molecule has 0 saturated carbocycles. The van der Waals surface area contributed by atoms with Crippen LogP contribution in [-0.4, -0.2) is 86.3 Å². The summed E-state index contributed by atoms with van der Waals surface area (Å²) in [6, 6.07) is -0.172. The minimum absolute atomic E-state index is 0.0862. The van der Waals surface area contributed by atoms with Crippen LogP contribution in [0, 0.1) is 0 Å². The largest absolute Gasteiger partial charge is 0.338 e. The highest BCUT2D eigenvalue weighted by Gasteiger charge is 2.02. The van der Waals surface area contributed by atoms with Gasteiger partial charge in [0, 0.05) is 37.7 Å². The highest BCUT2D eigenvalue weighted by molar-refractivity contribution is 7.99. The minimum atomic E-state index is -0.0862. The standard InChI is InChI=1S/C17H37N5O2S2/c1-4-25-14-10-20-16(23)18-8-6-12-22(3)13-7-9-19-17(24)21-11-15-26-5-2/h4-15H2,1-3H3,(H2,18,20,23)(H2,19,21,24). The van der Waals surface area contributed by atoms with Gasteiger partial charge in [-0.15, -0.1) is 0 Å². The van der Waals surface area contributed by atoms with Gasteiger partial charge in [0.2, 0.25) is 0 Å². The van der Waals surface area contributed by atoms with Crippen LogP contribution in [0.4, 0.5) is 9.59 Å². The Kier molecular flexibility index (Phi) is 18.4. The van der Waals surface area contributed by atoms with Gasteiger partial charge in [0.25, 0.3) is 0 Å². The van der Waals surface area contributed by atoms with Gasteiger partial charge < -0.3 is 26.2 Å². The second-order valence-electron chi connectivity index (χ2n) is 5.77. The number of carbonyl (C=O) groups excluding carboxylic acids is 2. The topological polar surface area (TPSA) is 85.5 Å². The average molecular weight is 408 g/mol. The van der Waals surface area contributed by atoms with Crippen LogP contribution in [0.25, 0.3) is 0 Å². The minimum Gasteiger partial charge on any atom is -0.338 e. The first-order valence-corrected chi connectivity index (χ1v) is 11.8. The zero-order valence-corrected chi connectivity index (χ0v) is 18.2. The molecule has 9 heteroatoms. The Balaban J connectivity index is 3.42. The first-order chi connectivity index (χ1) is 12.6. The van der Waals surface area contributed by atoms with Gasteiger partial charge in [0.1, 0.15) is 0 Å². The zero-order valence-electron chi connectivity index (χ0n) is 16.6. The average Bonchev–Trinajstić information content (AvgIpc) is 2.63. The van der Waals surface area contributed by atoms with Crippen LogP contribution >= 0.6 is 23.5 Å². The summed E-state index contributed by atoms with van der Waals surface area (Å²) in [5.74, 6) is 4.06. The predicted molar refractivity (Wildman–Crippen MR) is 116 cm³/mol. The first-order valence-electron chi connectivity index (χ1n) is 9.47. The third kappa shape index (κ3) is 18.0. The summed E-state index contributed by atoms with van der Waals surface area (Å²) in [4.78, 5) is 25.3. The van der Waals surface area contributed by atoms with Gasteiger partial charge in [0.15, 0.2) is 0 Å². The van der Waals surface area contributed by atoms with Crippen LogP contribution in [-0.2, 0) is 0 Å². The van der Waals surface area contributed by atoms with Crippen LogP contribution in [0.5, 0.6) is 0 Å². The van der Waals surface area contributed by atoms with E-state index in [1.54, 1.807) is 0 Å². The summed E-state index contributed by atoms with van der Waals surface area (Å²) in [6.07, 6.45) is 1.83. The van der Waals surface area contributed by atoms with Crippen molar-refractivity contribution in [2.75, 3.05) is 69.3 Å². The van der Waals surface area contributed by atoms with Crippen LogP contribution in [0.2, 0.25) is 0 Å². The van der Waals surface area contributed by atoms with Gasteiger partial charge in [-0.1, -0.05) is 13.8 Å². The van der Waals surface area contributed by atoms with E-state index in [1.807, 2.05) is 23.5 Å². The lowest BCUT2D eigenvalue weighted by Gasteiger charge is -2.17. The molecule has 0 aromatic heterocycles. The molecule has 0 saturated heterocycles. The van der Waals surface area contributed by atoms with E-state index in [-0.39, 0.29) is 12.1 Å². The first kappa shape index (κ1) is 25.2. The Hall–Kier alpha value is -0.800. The van der Waals surface area contributed by atoms with Crippen molar-refractivity contribution in [2.24, 2.45) is 0 Å². The number of nitrogens with one attached hydrogen (secondary N) is 4. The van der Waals surface area contributed by atoms with Gasteiger partial charge in [-0.05, 0) is 44.5 Å². The molecule has 0 aliphatic heterocycles. The molecule has 0 aromatic carbocycles. The van der Waals surface area contributed by atoms with Crippen molar-refractivity contribution in [2.45, 2.75) is 26.7 Å². The quantitative estimate of drug-likeness (QED) is 0.293. The maximum absolute atomic E-state index is 11.5. The van der Waals surface area contributed by atoms with E-state index in [9.17, 15) is 9.59 Å². The fourth-order valence-corrected chi connectivity index (χ4v) is 3.17. The molecule has 0 heterocycles. The van der Waals surface area contributed by atoms with E-state index >= 15 is 0 Å². The molecule has 0 radical (unpaired) electrons. The maximum Gasteiger partial charge on any atom is 0.314 e. The van der Waals surface area contributed by atoms with E-state index in [0.717, 1.165) is 48.9 Å². The second-order valence-corrected chi connectivity index (χ2v) is 8.56. The van der Waals surface area contributed by atoms with Gasteiger partial charge in [-0.3, -0.25) is 0 Å². The van der Waals surface area contributed by atoms with Crippen molar-refractivity contribution in [3.05, 3.63) is 0 Å². The smallest absolute Gasteiger partial charge is 0.314 e. The van der Waals surface area contributed by atoms with E-state index < -0.39 is 0 Å². The van der Waals surface area contributed by atoms with Gasteiger partial charge in [-0.2, -0.15) is 23.5 Å². The summed E-state index contributed by atoms with van der Waals surface area (Å²) < 4.78 is 0. The Morgan fingerprint density at radius 1 is 0.731 bits per heavy atom. The Morgan fingerprint density at radius 3 is 1.50 bits per heavy atom. The molecule has 0 aliphatic carbocycles. The van der Waals surface area contributed by atoms with Crippen LogP contribution in [0.15, 0.2) is 0 Å². The summed E-state index contributed by atoms with van der Waals surface area (Å²) in [7, 11) is 2.06. The van der Waals surface area contributed by atoms with E-state index in [0.29, 0.717) is 26.2 Å². The van der Waals surface area contributed by atoms with Crippen LogP contribution in [0.1, 0.15) is 26.7 Å². The number of amides is 4. The lowest BCUT2D eigenvalue weighted by molar-refractivity contribution is 0.240. The Morgan fingerprint density at radius 2 is 1.12 bits per heavy atom. The van der Waals surface area contributed by atoms with Crippen molar-refractivity contribution < 1.29 is 9.59 Å². The number of rotatable bonds is 16. The molecule has 7 nitrogen and oxygen atoms in total. The molecule has 0 spiro atoms. The third-order valence-corrected chi connectivity index (χ3v) is 5.28. The molecule has 0 bridgehead atoms. The lowest BCUT2D eigenvalue weighted by Crippen LogP contribution is -2.39. The predicted octanol–water partition coefficient (Wildman–Crippen LogP) is 1.80.